The summed E-state index contributed by atoms with van der Waals surface area (Å²) < 4.78 is 6.71. The number of hydrogen-bond donors (Lipinski definition) is 1. The van der Waals surface area contributed by atoms with Gasteiger partial charge in [-0.3, -0.25) is 4.90 Å². The number of aryl methyl sites for hydroxylation is 1. The summed E-state index contributed by atoms with van der Waals surface area (Å²) in [5.74, 6) is -1.15. The molecule has 0 fully saturated rings. The molecule has 0 bridgehead atoms. The summed E-state index contributed by atoms with van der Waals surface area (Å²) in [4.78, 5) is 28.5. The van der Waals surface area contributed by atoms with Crippen molar-refractivity contribution in [3.05, 3.63) is 54.1 Å². The Morgan fingerprint density at radius 1 is 1.36 bits per heavy atom. The standard InChI is InChI=1S/C15H17N3O4/c1-17-10-16-8-12(17)13(14(19)20)18(2)15(21)22-9-11-6-4-3-5-7-11/h3-8,10,13H,9H2,1-2H3,(H,19,20). The van der Waals surface area contributed by atoms with Gasteiger partial charge in [0, 0.05) is 14.1 Å². The minimum absolute atomic E-state index is 0.0851. The molecular formula is C15H17N3O4. The van der Waals surface area contributed by atoms with Crippen LogP contribution in [0.1, 0.15) is 17.3 Å². The van der Waals surface area contributed by atoms with Gasteiger partial charge in [0.05, 0.1) is 18.2 Å². The fraction of sp³-hybridized carbons (Fsp3) is 0.267. The lowest BCUT2D eigenvalue weighted by Crippen LogP contribution is -2.37. The summed E-state index contributed by atoms with van der Waals surface area (Å²) in [5.41, 5.74) is 1.23. The second-order valence-corrected chi connectivity index (χ2v) is 4.82. The molecule has 0 aliphatic carbocycles. The number of nitrogens with zero attached hydrogens (tertiary/aromatic N) is 3. The largest absolute Gasteiger partial charge is 0.479 e. The summed E-state index contributed by atoms with van der Waals surface area (Å²) in [6, 6.07) is 8.02. The van der Waals surface area contributed by atoms with E-state index in [1.807, 2.05) is 30.3 Å². The molecule has 1 unspecified atom stereocenters. The van der Waals surface area contributed by atoms with E-state index in [0.717, 1.165) is 10.5 Å². The van der Waals surface area contributed by atoms with Gasteiger partial charge in [0.25, 0.3) is 0 Å². The van der Waals surface area contributed by atoms with E-state index in [0.29, 0.717) is 5.69 Å². The van der Waals surface area contributed by atoms with Crippen LogP contribution in [0.25, 0.3) is 0 Å². The fourth-order valence-electron chi connectivity index (χ4n) is 2.05. The van der Waals surface area contributed by atoms with Gasteiger partial charge in [0.2, 0.25) is 0 Å². The zero-order valence-corrected chi connectivity index (χ0v) is 12.3. The predicted molar refractivity (Wildman–Crippen MR) is 78.0 cm³/mol. The van der Waals surface area contributed by atoms with Crippen LogP contribution in [0.15, 0.2) is 42.9 Å². The van der Waals surface area contributed by atoms with E-state index >= 15 is 0 Å². The van der Waals surface area contributed by atoms with E-state index in [-0.39, 0.29) is 6.61 Å². The van der Waals surface area contributed by atoms with Crippen LogP contribution in [-0.4, -0.2) is 38.7 Å². The minimum Gasteiger partial charge on any atom is -0.479 e. The van der Waals surface area contributed by atoms with Crippen molar-refractivity contribution in [1.82, 2.24) is 14.5 Å². The quantitative estimate of drug-likeness (QED) is 0.910. The van der Waals surface area contributed by atoms with Gasteiger partial charge in [-0.05, 0) is 5.56 Å². The molecular weight excluding hydrogens is 286 g/mol. The number of carboxylic acids is 1. The van der Waals surface area contributed by atoms with Crippen molar-refractivity contribution in [3.63, 3.8) is 0 Å². The Hall–Kier alpha value is -2.83. The number of aliphatic carboxylic acids is 1. The molecule has 0 saturated carbocycles. The molecule has 7 nitrogen and oxygen atoms in total. The first-order chi connectivity index (χ1) is 10.5. The fourth-order valence-corrected chi connectivity index (χ4v) is 2.05. The average Bonchev–Trinajstić information content (AvgIpc) is 2.91. The van der Waals surface area contributed by atoms with Gasteiger partial charge in [0.15, 0.2) is 6.04 Å². The Labute approximate surface area is 127 Å². The molecule has 0 saturated heterocycles. The molecule has 1 N–H and O–H groups in total. The molecule has 116 valence electrons. The second kappa shape index (κ2) is 6.75. The van der Waals surface area contributed by atoms with Crippen molar-refractivity contribution < 1.29 is 19.4 Å². The Morgan fingerprint density at radius 3 is 2.59 bits per heavy atom. The molecule has 7 heteroatoms. The van der Waals surface area contributed by atoms with Gasteiger partial charge in [-0.15, -0.1) is 0 Å². The Morgan fingerprint density at radius 2 is 2.05 bits per heavy atom. The maximum atomic E-state index is 12.1. The van der Waals surface area contributed by atoms with E-state index in [1.54, 1.807) is 11.6 Å². The van der Waals surface area contributed by atoms with Crippen LogP contribution in [0.4, 0.5) is 4.79 Å². The van der Waals surface area contributed by atoms with Crippen LogP contribution in [0.5, 0.6) is 0 Å². The van der Waals surface area contributed by atoms with Crippen LogP contribution in [0.3, 0.4) is 0 Å². The summed E-state index contributed by atoms with van der Waals surface area (Å²) >= 11 is 0. The van der Waals surface area contributed by atoms with E-state index in [4.69, 9.17) is 4.74 Å². The first kappa shape index (κ1) is 15.6. The first-order valence-electron chi connectivity index (χ1n) is 6.63. The van der Waals surface area contributed by atoms with Crippen molar-refractivity contribution in [1.29, 1.82) is 0 Å². The highest BCUT2D eigenvalue weighted by Crippen LogP contribution is 2.20. The highest BCUT2D eigenvalue weighted by Gasteiger charge is 2.31. The molecule has 1 heterocycles. The number of carbonyl (C=O) groups excluding carboxylic acids is 1. The van der Waals surface area contributed by atoms with Gasteiger partial charge in [-0.2, -0.15) is 0 Å². The lowest BCUT2D eigenvalue weighted by atomic mass is 10.2. The Bertz CT molecular complexity index is 654. The van der Waals surface area contributed by atoms with Gasteiger partial charge >= 0.3 is 12.1 Å². The van der Waals surface area contributed by atoms with Gasteiger partial charge in [-0.1, -0.05) is 30.3 Å². The number of amides is 1. The number of likely N-dealkylation sites (N-methyl/N-ethyl adjacent to an activating group) is 1. The minimum atomic E-state index is -1.16. The van der Waals surface area contributed by atoms with E-state index in [2.05, 4.69) is 4.98 Å². The van der Waals surface area contributed by atoms with Crippen molar-refractivity contribution >= 4 is 12.1 Å². The molecule has 1 aromatic carbocycles. The Balaban J connectivity index is 2.07. The third kappa shape index (κ3) is 3.43. The van der Waals surface area contributed by atoms with Crippen LogP contribution < -0.4 is 0 Å². The number of benzene rings is 1. The summed E-state index contributed by atoms with van der Waals surface area (Å²) in [6.45, 7) is 0.0851. The lowest BCUT2D eigenvalue weighted by Gasteiger charge is -2.24. The second-order valence-electron chi connectivity index (χ2n) is 4.82. The predicted octanol–water partition coefficient (Wildman–Crippen LogP) is 1.81. The van der Waals surface area contributed by atoms with Crippen molar-refractivity contribution in [2.75, 3.05) is 7.05 Å². The summed E-state index contributed by atoms with van der Waals surface area (Å²) in [6.07, 6.45) is 2.19. The molecule has 0 spiro atoms. The molecule has 0 radical (unpaired) electrons. The van der Waals surface area contributed by atoms with E-state index in [1.165, 1.54) is 19.6 Å². The highest BCUT2D eigenvalue weighted by molar-refractivity contribution is 5.80. The highest BCUT2D eigenvalue weighted by atomic mass is 16.6. The van der Waals surface area contributed by atoms with Gasteiger partial charge < -0.3 is 14.4 Å². The maximum Gasteiger partial charge on any atom is 0.410 e. The van der Waals surface area contributed by atoms with Crippen LogP contribution in [0, 0.1) is 0 Å². The zero-order chi connectivity index (χ0) is 16.1. The molecule has 2 rings (SSSR count). The summed E-state index contributed by atoms with van der Waals surface area (Å²) in [5, 5.41) is 9.38. The number of aromatic nitrogens is 2. The first-order valence-corrected chi connectivity index (χ1v) is 6.63. The summed E-state index contributed by atoms with van der Waals surface area (Å²) in [7, 11) is 3.06. The molecule has 22 heavy (non-hydrogen) atoms. The van der Waals surface area contributed by atoms with E-state index in [9.17, 15) is 14.7 Å². The van der Waals surface area contributed by atoms with Gasteiger partial charge in [0.1, 0.15) is 6.61 Å². The smallest absolute Gasteiger partial charge is 0.410 e. The SMILES string of the molecule is CN(C(=O)OCc1ccccc1)C(C(=O)O)c1cncn1C. The molecule has 1 amide bonds. The normalized spacial score (nSPS) is 11.7. The third-order valence-electron chi connectivity index (χ3n) is 3.25. The number of carboxylic acid groups (broad SMARTS) is 1. The number of imidazole rings is 1. The number of rotatable bonds is 5. The zero-order valence-electron chi connectivity index (χ0n) is 12.3. The van der Waals surface area contributed by atoms with Crippen LogP contribution >= 0.6 is 0 Å². The van der Waals surface area contributed by atoms with Crippen LogP contribution in [-0.2, 0) is 23.2 Å². The average molecular weight is 303 g/mol. The number of ether oxygens (including phenoxy) is 1. The van der Waals surface area contributed by atoms with Crippen molar-refractivity contribution in [2.45, 2.75) is 12.6 Å². The molecule has 1 atom stereocenters. The van der Waals surface area contributed by atoms with E-state index < -0.39 is 18.1 Å². The topological polar surface area (TPSA) is 84.7 Å². The number of carbonyl (C=O) groups is 2. The number of hydrogen-bond acceptors (Lipinski definition) is 4. The van der Waals surface area contributed by atoms with Crippen molar-refractivity contribution in [3.8, 4) is 0 Å². The van der Waals surface area contributed by atoms with Gasteiger partial charge in [-0.25, -0.2) is 14.6 Å². The lowest BCUT2D eigenvalue weighted by molar-refractivity contribution is -0.142. The molecule has 1 aromatic heterocycles. The molecule has 0 aliphatic rings. The molecule has 2 aromatic rings. The molecule has 0 aliphatic heterocycles. The van der Waals surface area contributed by atoms with Crippen molar-refractivity contribution in [2.24, 2.45) is 7.05 Å². The monoisotopic (exact) mass is 303 g/mol. The maximum absolute atomic E-state index is 12.1. The Kier molecular flexibility index (Phi) is 4.77. The van der Waals surface area contributed by atoms with Crippen LogP contribution in [0.2, 0.25) is 0 Å². The third-order valence-corrected chi connectivity index (χ3v) is 3.25.